The molecule has 2 atom stereocenters. The highest BCUT2D eigenvalue weighted by atomic mass is 16.5. The number of aryl methyl sites for hydroxylation is 2. The largest absolute Gasteiger partial charge is 0.495 e. The summed E-state index contributed by atoms with van der Waals surface area (Å²) in [5.74, 6) is 1.55. The normalized spacial score (nSPS) is 13.2. The van der Waals surface area contributed by atoms with Gasteiger partial charge in [-0.25, -0.2) is 4.79 Å². The van der Waals surface area contributed by atoms with Crippen LogP contribution >= 0.6 is 0 Å². The molecule has 0 spiro atoms. The average Bonchev–Trinajstić information content (AvgIpc) is 2.91. The minimum atomic E-state index is -0.236. The molecule has 0 aliphatic heterocycles. The summed E-state index contributed by atoms with van der Waals surface area (Å²) < 4.78 is 10.4. The van der Waals surface area contributed by atoms with Crippen LogP contribution in [0.4, 0.5) is 4.79 Å². The van der Waals surface area contributed by atoms with E-state index in [0.717, 1.165) is 22.6 Å². The molecule has 0 saturated heterocycles. The highest BCUT2D eigenvalue weighted by Gasteiger charge is 2.18. The van der Waals surface area contributed by atoms with E-state index in [9.17, 15) is 4.79 Å². The van der Waals surface area contributed by atoms with Gasteiger partial charge in [0.1, 0.15) is 11.5 Å². The minimum absolute atomic E-state index is 0.118. The number of urea groups is 1. The summed E-state index contributed by atoms with van der Waals surface area (Å²) in [5.41, 5.74) is 2.78. The molecule has 2 heterocycles. The highest BCUT2D eigenvalue weighted by molar-refractivity contribution is 5.74. The number of methoxy groups -OCH3 is 1. The van der Waals surface area contributed by atoms with Gasteiger partial charge in [-0.05, 0) is 26.8 Å². The molecule has 0 radical (unpaired) electrons. The smallest absolute Gasteiger partial charge is 0.315 e. The molecule has 2 N–H and O–H groups in total. The van der Waals surface area contributed by atoms with Crippen molar-refractivity contribution < 1.29 is 14.1 Å². The monoisotopic (exact) mass is 332 g/mol. The Kier molecular flexibility index (Phi) is 5.78. The van der Waals surface area contributed by atoms with Crippen LogP contribution in [0.15, 0.2) is 23.0 Å². The van der Waals surface area contributed by atoms with Crippen molar-refractivity contribution >= 4 is 6.03 Å². The lowest BCUT2D eigenvalue weighted by Gasteiger charge is -2.18. The van der Waals surface area contributed by atoms with Crippen LogP contribution in [-0.2, 0) is 0 Å². The number of carbonyl (C=O) groups excluding carboxylic acids is 1. The molecule has 0 aliphatic rings. The topological polar surface area (TPSA) is 89.3 Å². The molecule has 0 unspecified atom stereocenters. The van der Waals surface area contributed by atoms with Gasteiger partial charge >= 0.3 is 6.03 Å². The summed E-state index contributed by atoms with van der Waals surface area (Å²) in [6.45, 7) is 8.20. The van der Waals surface area contributed by atoms with E-state index in [1.165, 1.54) is 0 Å². The maximum absolute atomic E-state index is 12.2. The van der Waals surface area contributed by atoms with E-state index in [1.807, 2.05) is 33.8 Å². The van der Waals surface area contributed by atoms with Crippen molar-refractivity contribution in [3.05, 3.63) is 41.0 Å². The second kappa shape index (κ2) is 7.81. The predicted molar refractivity (Wildman–Crippen MR) is 90.1 cm³/mol. The fraction of sp³-hybridized carbons (Fsp3) is 0.471. The lowest BCUT2D eigenvalue weighted by atomic mass is 10.00. The number of hydrogen-bond acceptors (Lipinski definition) is 5. The Bertz CT molecular complexity index is 679. The standard InChI is InChI=1S/C17H24N4O3/c1-10(16-12(3)21-24-13(16)4)8-19-17(22)20-11(2)14-6-7-18-9-15(14)23-5/h6-7,9-11H,8H2,1-5H3,(H2,19,20,22)/t10-,11+/m0/s1. The SMILES string of the molecule is COc1cnccc1[C@@H](C)NC(=O)NC[C@H](C)c1c(C)noc1C. The van der Waals surface area contributed by atoms with E-state index in [-0.39, 0.29) is 18.0 Å². The van der Waals surface area contributed by atoms with Crippen molar-refractivity contribution in [1.29, 1.82) is 0 Å². The lowest BCUT2D eigenvalue weighted by molar-refractivity contribution is 0.237. The van der Waals surface area contributed by atoms with Gasteiger partial charge in [-0.15, -0.1) is 0 Å². The second-order valence-electron chi connectivity index (χ2n) is 5.83. The molecule has 2 aromatic heterocycles. The van der Waals surface area contributed by atoms with Crippen molar-refractivity contribution in [2.45, 2.75) is 39.7 Å². The van der Waals surface area contributed by atoms with Crippen LogP contribution in [0.1, 0.15) is 48.4 Å². The van der Waals surface area contributed by atoms with Crippen LogP contribution in [0.25, 0.3) is 0 Å². The fourth-order valence-electron chi connectivity index (χ4n) is 2.79. The molecule has 7 heteroatoms. The van der Waals surface area contributed by atoms with Gasteiger partial charge in [-0.1, -0.05) is 12.1 Å². The summed E-state index contributed by atoms with van der Waals surface area (Å²) in [6, 6.07) is 1.40. The van der Waals surface area contributed by atoms with E-state index >= 15 is 0 Å². The number of nitrogens with one attached hydrogen (secondary N) is 2. The Hall–Kier alpha value is -2.57. The van der Waals surface area contributed by atoms with Gasteiger partial charge in [0.25, 0.3) is 0 Å². The Morgan fingerprint density at radius 1 is 1.38 bits per heavy atom. The van der Waals surface area contributed by atoms with Crippen molar-refractivity contribution in [3.63, 3.8) is 0 Å². The van der Waals surface area contributed by atoms with Gasteiger partial charge < -0.3 is 19.9 Å². The zero-order chi connectivity index (χ0) is 17.7. The molecule has 0 aromatic carbocycles. The summed E-state index contributed by atoms with van der Waals surface area (Å²) in [4.78, 5) is 16.2. The third kappa shape index (κ3) is 4.04. The zero-order valence-electron chi connectivity index (χ0n) is 14.7. The van der Waals surface area contributed by atoms with Crippen LogP contribution in [0, 0.1) is 13.8 Å². The van der Waals surface area contributed by atoms with E-state index in [0.29, 0.717) is 12.3 Å². The number of rotatable bonds is 6. The number of ether oxygens (including phenoxy) is 1. The van der Waals surface area contributed by atoms with Crippen molar-refractivity contribution in [1.82, 2.24) is 20.8 Å². The van der Waals surface area contributed by atoms with Gasteiger partial charge in [0, 0.05) is 29.8 Å². The maximum atomic E-state index is 12.2. The molecule has 7 nitrogen and oxygen atoms in total. The molecular formula is C17H24N4O3. The zero-order valence-corrected chi connectivity index (χ0v) is 14.7. The number of carbonyl (C=O) groups is 1. The molecule has 0 aliphatic carbocycles. The van der Waals surface area contributed by atoms with Crippen molar-refractivity contribution in [2.24, 2.45) is 0 Å². The van der Waals surface area contributed by atoms with E-state index in [4.69, 9.17) is 9.26 Å². The van der Waals surface area contributed by atoms with Crippen molar-refractivity contribution in [3.8, 4) is 5.75 Å². The van der Waals surface area contributed by atoms with Gasteiger partial charge in [-0.2, -0.15) is 0 Å². The number of nitrogens with zero attached hydrogens (tertiary/aromatic N) is 2. The summed E-state index contributed by atoms with van der Waals surface area (Å²) in [6.07, 6.45) is 3.30. The summed E-state index contributed by atoms with van der Waals surface area (Å²) in [5, 5.41) is 9.74. The fourth-order valence-corrected chi connectivity index (χ4v) is 2.79. The van der Waals surface area contributed by atoms with Gasteiger partial charge in [-0.3, -0.25) is 4.98 Å². The molecule has 2 amide bonds. The lowest BCUT2D eigenvalue weighted by Crippen LogP contribution is -2.38. The molecule has 0 saturated carbocycles. The molecule has 0 bridgehead atoms. The number of pyridine rings is 1. The van der Waals surface area contributed by atoms with E-state index in [1.54, 1.807) is 19.5 Å². The predicted octanol–water partition coefficient (Wildman–Crippen LogP) is 2.86. The first-order valence-electron chi connectivity index (χ1n) is 7.89. The van der Waals surface area contributed by atoms with Gasteiger partial charge in [0.05, 0.1) is 25.0 Å². The average molecular weight is 332 g/mol. The first-order chi connectivity index (χ1) is 11.4. The molecule has 2 rings (SSSR count). The maximum Gasteiger partial charge on any atom is 0.315 e. The Labute approximate surface area is 141 Å². The quantitative estimate of drug-likeness (QED) is 0.849. The minimum Gasteiger partial charge on any atom is -0.495 e. The molecular weight excluding hydrogens is 308 g/mol. The highest BCUT2D eigenvalue weighted by Crippen LogP contribution is 2.24. The second-order valence-corrected chi connectivity index (χ2v) is 5.83. The summed E-state index contributed by atoms with van der Waals surface area (Å²) >= 11 is 0. The first kappa shape index (κ1) is 17.8. The molecule has 2 aromatic rings. The van der Waals surface area contributed by atoms with Crippen LogP contribution in [0.2, 0.25) is 0 Å². The Balaban J connectivity index is 1.91. The van der Waals surface area contributed by atoms with Gasteiger partial charge in [0.2, 0.25) is 0 Å². The molecule has 0 fully saturated rings. The van der Waals surface area contributed by atoms with Gasteiger partial charge in [0.15, 0.2) is 0 Å². The third-order valence-electron chi connectivity index (χ3n) is 4.00. The molecule has 130 valence electrons. The van der Waals surface area contributed by atoms with E-state index < -0.39 is 0 Å². The summed E-state index contributed by atoms with van der Waals surface area (Å²) in [7, 11) is 1.58. The van der Waals surface area contributed by atoms with Crippen LogP contribution in [0.5, 0.6) is 5.75 Å². The Morgan fingerprint density at radius 2 is 2.12 bits per heavy atom. The van der Waals surface area contributed by atoms with Crippen LogP contribution in [-0.4, -0.2) is 29.8 Å². The number of hydrogen-bond donors (Lipinski definition) is 2. The van der Waals surface area contributed by atoms with Crippen LogP contribution in [0.3, 0.4) is 0 Å². The van der Waals surface area contributed by atoms with Crippen molar-refractivity contribution in [2.75, 3.05) is 13.7 Å². The third-order valence-corrected chi connectivity index (χ3v) is 4.00. The molecule has 24 heavy (non-hydrogen) atoms. The Morgan fingerprint density at radius 3 is 2.75 bits per heavy atom. The van der Waals surface area contributed by atoms with E-state index in [2.05, 4.69) is 20.8 Å². The first-order valence-corrected chi connectivity index (χ1v) is 7.89. The number of aromatic nitrogens is 2. The number of amides is 2. The van der Waals surface area contributed by atoms with Crippen LogP contribution < -0.4 is 15.4 Å².